The first kappa shape index (κ1) is 17.1. The van der Waals surface area contributed by atoms with Crippen LogP contribution in [0, 0.1) is 5.92 Å². The van der Waals surface area contributed by atoms with Gasteiger partial charge in [0.1, 0.15) is 11.9 Å². The number of rotatable bonds is 5. The number of hydrogen-bond acceptors (Lipinski definition) is 6. The number of nitrogens with zero attached hydrogens (tertiary/aromatic N) is 3. The van der Waals surface area contributed by atoms with Crippen LogP contribution in [0.5, 0.6) is 0 Å². The van der Waals surface area contributed by atoms with Crippen molar-refractivity contribution in [2.75, 3.05) is 12.1 Å². The minimum Gasteiger partial charge on any atom is -0.467 e. The molecule has 0 amide bonds. The third-order valence-corrected chi connectivity index (χ3v) is 4.45. The van der Waals surface area contributed by atoms with Crippen molar-refractivity contribution in [2.45, 2.75) is 39.3 Å². The van der Waals surface area contributed by atoms with Gasteiger partial charge in [-0.2, -0.15) is 0 Å². The van der Waals surface area contributed by atoms with Gasteiger partial charge in [-0.05, 0) is 12.1 Å². The van der Waals surface area contributed by atoms with Crippen LogP contribution in [0.2, 0.25) is 0 Å². The molecular weight excluding hydrogens is 322 g/mol. The molecule has 2 aromatic rings. The molecule has 0 N–H and O–H groups in total. The number of aryl methyl sites for hydroxylation is 1. The highest BCUT2D eigenvalue weighted by atomic mass is 16.5. The second-order valence-corrected chi connectivity index (χ2v) is 6.37. The van der Waals surface area contributed by atoms with Crippen molar-refractivity contribution in [3.63, 3.8) is 0 Å². The number of carbonyl (C=O) groups is 2. The average molecular weight is 343 g/mol. The molecule has 1 aromatic heterocycles. The summed E-state index contributed by atoms with van der Waals surface area (Å²) in [5.41, 5.74) is 0.319. The minimum atomic E-state index is -0.786. The highest BCUT2D eigenvalue weighted by Gasteiger charge is 2.59. The largest absolute Gasteiger partial charge is 0.467 e. The molecule has 1 fully saturated rings. The van der Waals surface area contributed by atoms with E-state index in [0.29, 0.717) is 23.1 Å². The number of ketones is 1. The highest BCUT2D eigenvalue weighted by molar-refractivity contribution is 6.01. The zero-order valence-corrected chi connectivity index (χ0v) is 14.7. The first-order valence-corrected chi connectivity index (χ1v) is 8.33. The molecule has 1 aromatic carbocycles. The molecule has 2 heterocycles. The van der Waals surface area contributed by atoms with Crippen LogP contribution < -0.4 is 10.6 Å². The van der Waals surface area contributed by atoms with Gasteiger partial charge >= 0.3 is 5.97 Å². The van der Waals surface area contributed by atoms with Crippen LogP contribution in [0.25, 0.3) is 10.9 Å². The lowest BCUT2D eigenvalue weighted by atomic mass is 10.0. The quantitative estimate of drug-likeness (QED) is 0.596. The van der Waals surface area contributed by atoms with E-state index >= 15 is 0 Å². The monoisotopic (exact) mass is 343 g/mol. The Bertz CT molecular complexity index is 903. The molecule has 0 unspecified atom stereocenters. The predicted octanol–water partition coefficient (Wildman–Crippen LogP) is 1.05. The summed E-state index contributed by atoms with van der Waals surface area (Å²) in [5, 5.41) is 1.94. The molecule has 1 aliphatic heterocycles. The molecule has 3 rings (SSSR count). The molecular formula is C18H21N3O4. The summed E-state index contributed by atoms with van der Waals surface area (Å²) in [7, 11) is 1.28. The van der Waals surface area contributed by atoms with E-state index in [1.807, 2.05) is 13.0 Å². The van der Waals surface area contributed by atoms with E-state index in [9.17, 15) is 14.4 Å². The summed E-state index contributed by atoms with van der Waals surface area (Å²) in [6.45, 7) is 5.42. The standard InChI is InChI=1S/C18H21N3O4/c1-5-13-19-12-9-7-6-8-11(12)17(23)20(13)21-14(16(22)10(2)3)15(21)18(24)25-4/h6-10,14-15H,5H2,1-4H3/t14-,15-,21?/m1/s1. The Kier molecular flexibility index (Phi) is 4.32. The van der Waals surface area contributed by atoms with Crippen LogP contribution in [0.3, 0.4) is 0 Å². The Morgan fingerprint density at radius 3 is 2.52 bits per heavy atom. The molecule has 7 nitrogen and oxygen atoms in total. The van der Waals surface area contributed by atoms with E-state index in [0.717, 1.165) is 0 Å². The third-order valence-electron chi connectivity index (χ3n) is 4.45. The lowest BCUT2D eigenvalue weighted by molar-refractivity contribution is -0.140. The molecule has 0 spiro atoms. The smallest absolute Gasteiger partial charge is 0.332 e. The number of carbonyl (C=O) groups excluding carboxylic acids is 2. The van der Waals surface area contributed by atoms with E-state index in [1.54, 1.807) is 32.0 Å². The van der Waals surface area contributed by atoms with E-state index < -0.39 is 18.1 Å². The number of ether oxygens (including phenoxy) is 1. The van der Waals surface area contributed by atoms with Crippen LogP contribution in [-0.2, 0) is 20.7 Å². The first-order chi connectivity index (χ1) is 11.9. The van der Waals surface area contributed by atoms with Crippen molar-refractivity contribution in [1.29, 1.82) is 0 Å². The van der Waals surface area contributed by atoms with Crippen LogP contribution >= 0.6 is 0 Å². The van der Waals surface area contributed by atoms with Gasteiger partial charge in [-0.15, -0.1) is 0 Å². The van der Waals surface area contributed by atoms with Gasteiger partial charge in [0.2, 0.25) is 0 Å². The van der Waals surface area contributed by atoms with Gasteiger partial charge in [-0.25, -0.2) is 14.5 Å². The van der Waals surface area contributed by atoms with Crippen molar-refractivity contribution in [2.24, 2.45) is 5.92 Å². The lowest BCUT2D eigenvalue weighted by Gasteiger charge is -2.15. The Balaban J connectivity index is 2.17. The molecule has 7 heteroatoms. The van der Waals surface area contributed by atoms with Crippen LogP contribution in [-0.4, -0.2) is 40.6 Å². The number of hydrogen-bond donors (Lipinski definition) is 0. The molecule has 0 aliphatic carbocycles. The Hall–Kier alpha value is -2.70. The van der Waals surface area contributed by atoms with Crippen molar-refractivity contribution in [1.82, 2.24) is 9.66 Å². The number of aromatic nitrogens is 2. The molecule has 0 saturated carbocycles. The summed E-state index contributed by atoms with van der Waals surface area (Å²) < 4.78 is 6.19. The van der Waals surface area contributed by atoms with Crippen LogP contribution in [0.4, 0.5) is 0 Å². The predicted molar refractivity (Wildman–Crippen MR) is 93.0 cm³/mol. The molecule has 132 valence electrons. The van der Waals surface area contributed by atoms with Gasteiger partial charge in [0.05, 0.1) is 18.0 Å². The summed E-state index contributed by atoms with van der Waals surface area (Å²) in [6, 6.07) is 5.56. The second kappa shape index (κ2) is 6.31. The van der Waals surface area contributed by atoms with Crippen LogP contribution in [0.15, 0.2) is 29.1 Å². The molecule has 0 bridgehead atoms. The fourth-order valence-electron chi connectivity index (χ4n) is 3.09. The molecule has 0 radical (unpaired) electrons. The highest BCUT2D eigenvalue weighted by Crippen LogP contribution is 2.30. The third kappa shape index (κ3) is 2.69. The topological polar surface area (TPSA) is 81.3 Å². The van der Waals surface area contributed by atoms with Gasteiger partial charge in [0, 0.05) is 12.3 Å². The van der Waals surface area contributed by atoms with Crippen molar-refractivity contribution in [3.8, 4) is 0 Å². The fourth-order valence-corrected chi connectivity index (χ4v) is 3.09. The van der Waals surface area contributed by atoms with Crippen molar-refractivity contribution >= 4 is 22.7 Å². The Morgan fingerprint density at radius 1 is 1.24 bits per heavy atom. The summed E-state index contributed by atoms with van der Waals surface area (Å²) in [4.78, 5) is 42.2. The molecule has 25 heavy (non-hydrogen) atoms. The molecule has 1 saturated heterocycles. The van der Waals surface area contributed by atoms with Gasteiger partial charge in [-0.1, -0.05) is 32.9 Å². The summed E-state index contributed by atoms with van der Waals surface area (Å²) >= 11 is 0. The maximum atomic E-state index is 13.0. The van der Waals surface area contributed by atoms with E-state index in [-0.39, 0.29) is 17.3 Å². The number of methoxy groups -OCH3 is 1. The maximum Gasteiger partial charge on any atom is 0.332 e. The van der Waals surface area contributed by atoms with Gasteiger partial charge < -0.3 is 4.74 Å². The Labute approximate surface area is 145 Å². The Morgan fingerprint density at radius 2 is 1.92 bits per heavy atom. The normalized spacial score (nSPS) is 19.3. The number of para-hydroxylation sites is 1. The van der Waals surface area contributed by atoms with Crippen LogP contribution in [0.1, 0.15) is 26.6 Å². The minimum absolute atomic E-state index is 0.0995. The lowest BCUT2D eigenvalue weighted by Crippen LogP contribution is -2.37. The zero-order chi connectivity index (χ0) is 18.3. The van der Waals surface area contributed by atoms with Gasteiger partial charge in [-0.3, -0.25) is 14.6 Å². The van der Waals surface area contributed by atoms with Gasteiger partial charge in [0.25, 0.3) is 5.56 Å². The molecule has 1 aliphatic rings. The summed E-state index contributed by atoms with van der Waals surface area (Å²) in [5.74, 6) is -0.369. The van der Waals surface area contributed by atoms with Gasteiger partial charge in [0.15, 0.2) is 11.8 Å². The van der Waals surface area contributed by atoms with Crippen molar-refractivity contribution in [3.05, 3.63) is 40.4 Å². The second-order valence-electron chi connectivity index (χ2n) is 6.37. The number of Topliss-reactive ketones (excluding diaryl/α,β-unsaturated/α-hetero) is 1. The maximum absolute atomic E-state index is 13.0. The average Bonchev–Trinajstić information content (AvgIpc) is 3.34. The number of fused-ring (bicyclic) bond motifs is 1. The summed E-state index contributed by atoms with van der Waals surface area (Å²) in [6.07, 6.45) is 0.493. The first-order valence-electron chi connectivity index (χ1n) is 8.33. The molecule has 2 atom stereocenters. The fraction of sp³-hybridized carbons (Fsp3) is 0.444. The number of benzene rings is 1. The zero-order valence-electron chi connectivity index (χ0n) is 14.7. The van der Waals surface area contributed by atoms with Crippen molar-refractivity contribution < 1.29 is 14.3 Å². The van der Waals surface area contributed by atoms with E-state index in [4.69, 9.17) is 4.74 Å². The van der Waals surface area contributed by atoms with E-state index in [2.05, 4.69) is 4.98 Å². The SMILES string of the molecule is CCc1nc2ccccc2c(=O)n1N1[C@@H](C(=O)OC)[C@@H]1C(=O)C(C)C. The number of esters is 1. The van der Waals surface area contributed by atoms with E-state index in [1.165, 1.54) is 16.8 Å².